The van der Waals surface area contributed by atoms with Gasteiger partial charge in [0.15, 0.2) is 5.78 Å². The number of carbonyl (C=O) groups is 2. The zero-order valence-corrected chi connectivity index (χ0v) is 8.18. The Balaban J connectivity index is 2.76. The van der Waals surface area contributed by atoms with E-state index >= 15 is 0 Å². The van der Waals surface area contributed by atoms with Gasteiger partial charge in [0.05, 0.1) is 10.8 Å². The third kappa shape index (κ3) is 2.23. The van der Waals surface area contributed by atoms with Gasteiger partial charge in [-0.3, -0.25) is 9.59 Å². The van der Waals surface area contributed by atoms with Crippen molar-refractivity contribution in [1.29, 1.82) is 0 Å². The number of ketones is 2. The molecule has 5 heteroatoms. The summed E-state index contributed by atoms with van der Waals surface area (Å²) in [4.78, 5) is 22.6. The molecule has 1 unspecified atom stereocenters. The molecule has 0 aliphatic heterocycles. The van der Waals surface area contributed by atoms with E-state index in [-0.39, 0.29) is 0 Å². The fourth-order valence-corrected chi connectivity index (χ4v) is 1.70. The van der Waals surface area contributed by atoms with Gasteiger partial charge in [-0.1, -0.05) is 6.07 Å². The lowest BCUT2D eigenvalue weighted by Crippen LogP contribution is -2.26. The number of carbonyl (C=O) groups excluding carboxylic acids is 2. The third-order valence-electron chi connectivity index (χ3n) is 1.80. The van der Waals surface area contributed by atoms with E-state index in [1.807, 2.05) is 0 Å². The number of Topliss-reactive ketones (excluding diaryl/α,β-unsaturated/α-hetero) is 2. The quantitative estimate of drug-likeness (QED) is 0.574. The van der Waals surface area contributed by atoms with Crippen LogP contribution in [0, 0.1) is 5.92 Å². The molecule has 0 saturated heterocycles. The van der Waals surface area contributed by atoms with E-state index in [1.165, 1.54) is 13.0 Å². The summed E-state index contributed by atoms with van der Waals surface area (Å²) in [5.74, 6) is -3.11. The van der Waals surface area contributed by atoms with Crippen molar-refractivity contribution in [3.8, 4) is 0 Å². The highest BCUT2D eigenvalue weighted by atomic mass is 32.1. The van der Waals surface area contributed by atoms with E-state index in [2.05, 4.69) is 0 Å². The Morgan fingerprint density at radius 3 is 2.50 bits per heavy atom. The molecule has 0 aliphatic carbocycles. The van der Waals surface area contributed by atoms with Crippen LogP contribution < -0.4 is 0 Å². The molecule has 0 fully saturated rings. The first-order chi connectivity index (χ1) is 6.54. The van der Waals surface area contributed by atoms with Crippen LogP contribution in [-0.2, 0) is 4.79 Å². The van der Waals surface area contributed by atoms with Gasteiger partial charge in [0.25, 0.3) is 6.43 Å². The highest BCUT2D eigenvalue weighted by Crippen LogP contribution is 2.17. The molecule has 1 aromatic rings. The third-order valence-corrected chi connectivity index (χ3v) is 2.68. The smallest absolute Gasteiger partial charge is 0.292 e. The Morgan fingerprint density at radius 1 is 1.43 bits per heavy atom. The second kappa shape index (κ2) is 4.41. The average Bonchev–Trinajstić information content (AvgIpc) is 2.67. The van der Waals surface area contributed by atoms with Gasteiger partial charge in [-0.15, -0.1) is 11.3 Å². The second-order valence-corrected chi connectivity index (χ2v) is 3.71. The van der Waals surface area contributed by atoms with E-state index in [4.69, 9.17) is 0 Å². The van der Waals surface area contributed by atoms with Crippen LogP contribution in [0.5, 0.6) is 0 Å². The van der Waals surface area contributed by atoms with Crippen molar-refractivity contribution < 1.29 is 18.4 Å². The Kier molecular flexibility index (Phi) is 3.46. The minimum atomic E-state index is -3.08. The largest absolute Gasteiger partial charge is 0.296 e. The molecule has 0 N–H and O–H groups in total. The summed E-state index contributed by atoms with van der Waals surface area (Å²) in [7, 11) is 0. The van der Waals surface area contributed by atoms with Crippen LogP contribution in [-0.4, -0.2) is 18.0 Å². The van der Waals surface area contributed by atoms with Gasteiger partial charge in [-0.05, 0) is 18.4 Å². The van der Waals surface area contributed by atoms with Crippen molar-refractivity contribution >= 4 is 22.9 Å². The highest BCUT2D eigenvalue weighted by Gasteiger charge is 2.29. The van der Waals surface area contributed by atoms with E-state index in [1.54, 1.807) is 11.4 Å². The van der Waals surface area contributed by atoms with Gasteiger partial charge in [0, 0.05) is 0 Å². The molecular weight excluding hydrogens is 210 g/mol. The fourth-order valence-electron chi connectivity index (χ4n) is 0.950. The Hall–Kier alpha value is -1.10. The Bertz CT molecular complexity index is 333. The number of rotatable bonds is 4. The Labute approximate surface area is 83.6 Å². The van der Waals surface area contributed by atoms with Crippen molar-refractivity contribution in [1.82, 2.24) is 0 Å². The first-order valence-corrected chi connectivity index (χ1v) is 4.81. The summed E-state index contributed by atoms with van der Waals surface area (Å²) >= 11 is 1.14. The number of hydrogen-bond donors (Lipinski definition) is 0. The van der Waals surface area contributed by atoms with Crippen LogP contribution in [0.3, 0.4) is 0 Å². The fraction of sp³-hybridized carbons (Fsp3) is 0.333. The standard InChI is InChI=1S/C9H8F2O2S/c1-5(8(13)9(10)11)7(12)6-3-2-4-14-6/h2-5,9H,1H3. The van der Waals surface area contributed by atoms with Gasteiger partial charge in [0.1, 0.15) is 0 Å². The monoisotopic (exact) mass is 218 g/mol. The zero-order valence-electron chi connectivity index (χ0n) is 7.37. The van der Waals surface area contributed by atoms with Crippen molar-refractivity contribution in [3.05, 3.63) is 22.4 Å². The van der Waals surface area contributed by atoms with Crippen molar-refractivity contribution in [2.24, 2.45) is 5.92 Å². The first-order valence-electron chi connectivity index (χ1n) is 3.93. The molecule has 0 amide bonds. The molecule has 1 aromatic heterocycles. The Morgan fingerprint density at radius 2 is 2.07 bits per heavy atom. The lowest BCUT2D eigenvalue weighted by atomic mass is 10.0. The molecular formula is C9H8F2O2S. The van der Waals surface area contributed by atoms with Crippen LogP contribution in [0.25, 0.3) is 0 Å². The van der Waals surface area contributed by atoms with Crippen molar-refractivity contribution in [3.63, 3.8) is 0 Å². The summed E-state index contributed by atoms with van der Waals surface area (Å²) in [6.07, 6.45) is -3.08. The molecule has 0 aromatic carbocycles. The normalized spacial score (nSPS) is 12.9. The minimum absolute atomic E-state index is 0.339. The number of alkyl halides is 2. The number of thiophene rings is 1. The molecule has 0 aliphatic rings. The lowest BCUT2D eigenvalue weighted by molar-refractivity contribution is -0.131. The van der Waals surface area contributed by atoms with E-state index in [0.29, 0.717) is 4.88 Å². The molecule has 0 saturated carbocycles. The van der Waals surface area contributed by atoms with E-state index < -0.39 is 23.9 Å². The predicted octanol–water partition coefficient (Wildman–Crippen LogP) is 2.40. The maximum absolute atomic E-state index is 12.0. The maximum atomic E-state index is 12.0. The highest BCUT2D eigenvalue weighted by molar-refractivity contribution is 7.12. The minimum Gasteiger partial charge on any atom is -0.292 e. The first kappa shape index (κ1) is 11.0. The summed E-state index contributed by atoms with van der Waals surface area (Å²) in [6, 6.07) is 3.15. The van der Waals surface area contributed by atoms with Crippen LogP contribution in [0.1, 0.15) is 16.6 Å². The molecule has 0 radical (unpaired) electrons. The second-order valence-electron chi connectivity index (χ2n) is 2.77. The number of hydrogen-bond acceptors (Lipinski definition) is 3. The SMILES string of the molecule is CC(C(=O)c1cccs1)C(=O)C(F)F. The molecule has 1 heterocycles. The lowest BCUT2D eigenvalue weighted by Gasteiger charge is -2.06. The van der Waals surface area contributed by atoms with E-state index in [9.17, 15) is 18.4 Å². The molecule has 14 heavy (non-hydrogen) atoms. The van der Waals surface area contributed by atoms with Gasteiger partial charge < -0.3 is 0 Å². The summed E-state index contributed by atoms with van der Waals surface area (Å²) in [5.41, 5.74) is 0. The maximum Gasteiger partial charge on any atom is 0.296 e. The van der Waals surface area contributed by atoms with Crippen LogP contribution in [0.2, 0.25) is 0 Å². The van der Waals surface area contributed by atoms with E-state index in [0.717, 1.165) is 11.3 Å². The molecule has 1 rings (SSSR count). The molecule has 1 atom stereocenters. The van der Waals surface area contributed by atoms with Crippen molar-refractivity contribution in [2.45, 2.75) is 13.3 Å². The molecule has 0 spiro atoms. The van der Waals surface area contributed by atoms with Gasteiger partial charge >= 0.3 is 0 Å². The van der Waals surface area contributed by atoms with Crippen LogP contribution in [0.15, 0.2) is 17.5 Å². The van der Waals surface area contributed by atoms with Crippen molar-refractivity contribution in [2.75, 3.05) is 0 Å². The van der Waals surface area contributed by atoms with Crippen LogP contribution >= 0.6 is 11.3 Å². The molecule has 76 valence electrons. The predicted molar refractivity (Wildman–Crippen MR) is 48.8 cm³/mol. The summed E-state index contributed by atoms with van der Waals surface area (Å²) in [5, 5.41) is 1.66. The molecule has 0 bridgehead atoms. The zero-order chi connectivity index (χ0) is 10.7. The summed E-state index contributed by atoms with van der Waals surface area (Å²) in [6.45, 7) is 1.20. The topological polar surface area (TPSA) is 34.1 Å². The number of halogens is 2. The van der Waals surface area contributed by atoms with Crippen LogP contribution in [0.4, 0.5) is 8.78 Å². The van der Waals surface area contributed by atoms with Gasteiger partial charge in [-0.25, -0.2) is 8.78 Å². The van der Waals surface area contributed by atoms with Gasteiger partial charge in [-0.2, -0.15) is 0 Å². The van der Waals surface area contributed by atoms with Gasteiger partial charge in [0.2, 0.25) is 5.78 Å². The summed E-state index contributed by atoms with van der Waals surface area (Å²) < 4.78 is 24.0. The average molecular weight is 218 g/mol. The molecule has 2 nitrogen and oxygen atoms in total.